The number of ketones is 1. The Morgan fingerprint density at radius 3 is 2.60 bits per heavy atom. The lowest BCUT2D eigenvalue weighted by atomic mass is 10.2. The van der Waals surface area contributed by atoms with Crippen LogP contribution in [0.15, 0.2) is 45.1 Å². The van der Waals surface area contributed by atoms with Crippen molar-refractivity contribution in [3.05, 3.63) is 62.3 Å². The second-order valence-electron chi connectivity index (χ2n) is 7.01. The number of carbonyl (C=O) groups excluding carboxylic acids is 1. The molecule has 2 aromatic heterocycles. The van der Waals surface area contributed by atoms with Crippen molar-refractivity contribution in [3.63, 3.8) is 0 Å². The van der Waals surface area contributed by atoms with Crippen LogP contribution in [-0.2, 0) is 13.1 Å². The van der Waals surface area contributed by atoms with Gasteiger partial charge in [0.05, 0.1) is 18.3 Å². The SMILES string of the molecule is CCn1c(=O)c(C(=O)CSc2nnnn2C2CC2)c(N)n(Cc2ccccc2)c1=O. The molecule has 156 valence electrons. The minimum atomic E-state index is -0.670. The van der Waals surface area contributed by atoms with Gasteiger partial charge in [-0.1, -0.05) is 42.1 Å². The quantitative estimate of drug-likeness (QED) is 0.415. The average Bonchev–Trinajstić information content (AvgIpc) is 3.48. The lowest BCUT2D eigenvalue weighted by Crippen LogP contribution is -2.44. The van der Waals surface area contributed by atoms with E-state index in [1.54, 1.807) is 11.6 Å². The normalized spacial score (nSPS) is 13.5. The molecule has 0 radical (unpaired) electrons. The van der Waals surface area contributed by atoms with Gasteiger partial charge in [-0.25, -0.2) is 9.48 Å². The monoisotopic (exact) mass is 427 g/mol. The summed E-state index contributed by atoms with van der Waals surface area (Å²) in [5.74, 6) is -0.637. The molecule has 0 spiro atoms. The van der Waals surface area contributed by atoms with Crippen molar-refractivity contribution >= 4 is 23.4 Å². The topological polar surface area (TPSA) is 131 Å². The highest BCUT2D eigenvalue weighted by Crippen LogP contribution is 2.36. The van der Waals surface area contributed by atoms with Crippen LogP contribution in [-0.4, -0.2) is 40.9 Å². The third-order valence-electron chi connectivity index (χ3n) is 4.93. The van der Waals surface area contributed by atoms with Crippen molar-refractivity contribution in [2.24, 2.45) is 0 Å². The number of aromatic nitrogens is 6. The van der Waals surface area contributed by atoms with E-state index in [0.717, 1.165) is 34.7 Å². The number of nitrogens with two attached hydrogens (primary N) is 1. The van der Waals surface area contributed by atoms with Gasteiger partial charge in [0.1, 0.15) is 11.4 Å². The summed E-state index contributed by atoms with van der Waals surface area (Å²) in [5.41, 5.74) is 5.62. The Bertz CT molecular complexity index is 1200. The van der Waals surface area contributed by atoms with Crippen LogP contribution >= 0.6 is 11.8 Å². The highest BCUT2D eigenvalue weighted by atomic mass is 32.2. The molecule has 1 fully saturated rings. The Morgan fingerprint density at radius 2 is 1.93 bits per heavy atom. The number of hydrogen-bond donors (Lipinski definition) is 1. The van der Waals surface area contributed by atoms with Gasteiger partial charge in [-0.05, 0) is 35.8 Å². The molecule has 0 bridgehead atoms. The fourth-order valence-electron chi connectivity index (χ4n) is 3.21. The molecule has 0 aliphatic heterocycles. The van der Waals surface area contributed by atoms with Crippen molar-refractivity contribution in [3.8, 4) is 0 Å². The van der Waals surface area contributed by atoms with Gasteiger partial charge in [0, 0.05) is 6.54 Å². The number of benzene rings is 1. The molecule has 30 heavy (non-hydrogen) atoms. The Balaban J connectivity index is 1.66. The van der Waals surface area contributed by atoms with E-state index in [4.69, 9.17) is 5.73 Å². The molecule has 2 heterocycles. The predicted molar refractivity (Wildman–Crippen MR) is 112 cm³/mol. The van der Waals surface area contributed by atoms with E-state index in [0.29, 0.717) is 5.16 Å². The van der Waals surface area contributed by atoms with Gasteiger partial charge in [0.25, 0.3) is 5.56 Å². The molecule has 1 aliphatic rings. The lowest BCUT2D eigenvalue weighted by Gasteiger charge is -2.15. The van der Waals surface area contributed by atoms with E-state index < -0.39 is 17.0 Å². The number of tetrazole rings is 1. The maximum absolute atomic E-state index is 13.0. The maximum atomic E-state index is 13.0. The molecule has 0 atom stereocenters. The van der Waals surface area contributed by atoms with Crippen LogP contribution in [0.1, 0.15) is 41.7 Å². The van der Waals surface area contributed by atoms with Gasteiger partial charge < -0.3 is 5.73 Å². The molecule has 11 heteroatoms. The molecule has 10 nitrogen and oxygen atoms in total. The predicted octanol–water partition coefficient (Wildman–Crippen LogP) is 0.957. The summed E-state index contributed by atoms with van der Waals surface area (Å²) in [6.45, 7) is 1.98. The summed E-state index contributed by atoms with van der Waals surface area (Å²) in [5, 5.41) is 12.1. The lowest BCUT2D eigenvalue weighted by molar-refractivity contribution is 0.102. The number of thioether (sulfide) groups is 1. The summed E-state index contributed by atoms with van der Waals surface area (Å²) in [4.78, 5) is 38.6. The molecule has 2 N–H and O–H groups in total. The average molecular weight is 427 g/mol. The number of nitrogen functional groups attached to an aromatic ring is 1. The largest absolute Gasteiger partial charge is 0.384 e. The molecule has 1 aromatic carbocycles. The van der Waals surface area contributed by atoms with Gasteiger partial charge in [0.15, 0.2) is 5.78 Å². The fraction of sp³-hybridized carbons (Fsp3) is 0.368. The van der Waals surface area contributed by atoms with E-state index in [-0.39, 0.29) is 36.3 Å². The molecule has 0 unspecified atom stereocenters. The molecule has 4 rings (SSSR count). The maximum Gasteiger partial charge on any atom is 0.332 e. The van der Waals surface area contributed by atoms with Gasteiger partial charge in [-0.3, -0.25) is 18.7 Å². The van der Waals surface area contributed by atoms with E-state index in [1.165, 1.54) is 4.57 Å². The van der Waals surface area contributed by atoms with E-state index in [9.17, 15) is 14.4 Å². The smallest absolute Gasteiger partial charge is 0.332 e. The van der Waals surface area contributed by atoms with Gasteiger partial charge >= 0.3 is 5.69 Å². The Hall–Kier alpha value is -3.21. The van der Waals surface area contributed by atoms with Crippen LogP contribution < -0.4 is 17.0 Å². The summed E-state index contributed by atoms with van der Waals surface area (Å²) >= 11 is 1.16. The Kier molecular flexibility index (Phi) is 5.53. The van der Waals surface area contributed by atoms with Crippen LogP contribution in [0.4, 0.5) is 5.82 Å². The van der Waals surface area contributed by atoms with E-state index in [1.807, 2.05) is 30.3 Å². The van der Waals surface area contributed by atoms with Crippen LogP contribution in [0.2, 0.25) is 0 Å². The number of Topliss-reactive ketones (excluding diaryl/α,β-unsaturated/α-hetero) is 1. The highest BCUT2D eigenvalue weighted by molar-refractivity contribution is 7.99. The molecule has 0 saturated heterocycles. The number of rotatable bonds is 8. The summed E-state index contributed by atoms with van der Waals surface area (Å²) in [6, 6.07) is 9.53. The first-order chi connectivity index (χ1) is 14.5. The second kappa shape index (κ2) is 8.27. The van der Waals surface area contributed by atoms with Gasteiger partial charge in [-0.2, -0.15) is 0 Å². The number of nitrogens with zero attached hydrogens (tertiary/aromatic N) is 6. The zero-order valence-electron chi connectivity index (χ0n) is 16.4. The molecule has 1 saturated carbocycles. The van der Waals surface area contributed by atoms with Crippen molar-refractivity contribution < 1.29 is 4.79 Å². The standard InChI is InChI=1S/C19H21N7O3S/c1-2-24-17(28)15(14(27)11-30-18-21-22-23-26(18)13-8-9-13)16(20)25(19(24)29)10-12-6-4-3-5-7-12/h3-7,13H,2,8-11,20H2,1H3. The first kappa shape index (κ1) is 20.1. The minimum absolute atomic E-state index is 0.0558. The highest BCUT2D eigenvalue weighted by Gasteiger charge is 2.29. The first-order valence-electron chi connectivity index (χ1n) is 9.62. The fourth-order valence-corrected chi connectivity index (χ4v) is 4.02. The van der Waals surface area contributed by atoms with Gasteiger partial charge in [0.2, 0.25) is 5.16 Å². The van der Waals surface area contributed by atoms with Crippen molar-refractivity contribution in [1.82, 2.24) is 29.3 Å². The number of hydrogen-bond acceptors (Lipinski definition) is 8. The van der Waals surface area contributed by atoms with E-state index in [2.05, 4.69) is 15.5 Å². The van der Waals surface area contributed by atoms with Crippen LogP contribution in [0.3, 0.4) is 0 Å². The molecule has 0 amide bonds. The third kappa shape index (κ3) is 3.80. The Morgan fingerprint density at radius 1 is 1.20 bits per heavy atom. The number of anilines is 1. The number of carbonyl (C=O) groups is 1. The Labute approximate surface area is 175 Å². The van der Waals surface area contributed by atoms with Gasteiger partial charge in [-0.15, -0.1) is 5.10 Å². The summed E-state index contributed by atoms with van der Waals surface area (Å²) in [6.07, 6.45) is 2.01. The first-order valence-corrected chi connectivity index (χ1v) is 10.6. The van der Waals surface area contributed by atoms with Crippen molar-refractivity contribution in [2.75, 3.05) is 11.5 Å². The van der Waals surface area contributed by atoms with E-state index >= 15 is 0 Å². The zero-order chi connectivity index (χ0) is 21.3. The zero-order valence-corrected chi connectivity index (χ0v) is 17.2. The molecule has 1 aliphatic carbocycles. The van der Waals surface area contributed by atoms with Crippen LogP contribution in [0.25, 0.3) is 0 Å². The third-order valence-corrected chi connectivity index (χ3v) is 5.87. The molecular formula is C19H21N7O3S. The second-order valence-corrected chi connectivity index (χ2v) is 7.96. The van der Waals surface area contributed by atoms with Crippen LogP contribution in [0, 0.1) is 0 Å². The summed E-state index contributed by atoms with van der Waals surface area (Å²) in [7, 11) is 0. The summed E-state index contributed by atoms with van der Waals surface area (Å²) < 4.78 is 4.00. The molecular weight excluding hydrogens is 406 g/mol. The van der Waals surface area contributed by atoms with Crippen molar-refractivity contribution in [2.45, 2.75) is 44.1 Å². The van der Waals surface area contributed by atoms with Crippen molar-refractivity contribution in [1.29, 1.82) is 0 Å². The van der Waals surface area contributed by atoms with Crippen LogP contribution in [0.5, 0.6) is 0 Å². The molecule has 3 aromatic rings. The minimum Gasteiger partial charge on any atom is -0.384 e.